The highest BCUT2D eigenvalue weighted by atomic mass is 32.2. The molecule has 7 heteroatoms. The molecule has 2 aromatic carbocycles. The van der Waals surface area contributed by atoms with Crippen LogP contribution in [0, 0.1) is 0 Å². The van der Waals surface area contributed by atoms with Gasteiger partial charge in [-0.3, -0.25) is 9.52 Å². The SMILES string of the molecule is COc1cccc(NC(=O)/C=C/c2ccc(NS(C)(=O)=O)cc2)c1. The molecular formula is C17H18N2O4S. The van der Waals surface area contributed by atoms with Crippen LogP contribution in [0.3, 0.4) is 0 Å². The van der Waals surface area contributed by atoms with Gasteiger partial charge in [0.25, 0.3) is 0 Å². The second-order valence-electron chi connectivity index (χ2n) is 5.05. The highest BCUT2D eigenvalue weighted by Gasteiger charge is 2.02. The van der Waals surface area contributed by atoms with Crippen molar-refractivity contribution < 1.29 is 17.9 Å². The van der Waals surface area contributed by atoms with Gasteiger partial charge >= 0.3 is 0 Å². The van der Waals surface area contributed by atoms with E-state index in [1.807, 2.05) is 0 Å². The summed E-state index contributed by atoms with van der Waals surface area (Å²) in [5, 5.41) is 2.73. The first-order valence-electron chi connectivity index (χ1n) is 7.07. The third kappa shape index (κ3) is 5.77. The van der Waals surface area contributed by atoms with E-state index < -0.39 is 10.0 Å². The van der Waals surface area contributed by atoms with Crippen LogP contribution in [-0.4, -0.2) is 27.7 Å². The van der Waals surface area contributed by atoms with E-state index >= 15 is 0 Å². The third-order valence-electron chi connectivity index (χ3n) is 2.98. The molecule has 2 rings (SSSR count). The van der Waals surface area contributed by atoms with E-state index in [4.69, 9.17) is 4.74 Å². The van der Waals surface area contributed by atoms with Crippen molar-refractivity contribution in [3.63, 3.8) is 0 Å². The van der Waals surface area contributed by atoms with Crippen LogP contribution in [0.15, 0.2) is 54.6 Å². The van der Waals surface area contributed by atoms with Crippen LogP contribution in [-0.2, 0) is 14.8 Å². The highest BCUT2D eigenvalue weighted by molar-refractivity contribution is 7.92. The number of sulfonamides is 1. The smallest absolute Gasteiger partial charge is 0.248 e. The molecule has 0 aliphatic carbocycles. The number of amides is 1. The van der Waals surface area contributed by atoms with Gasteiger partial charge in [0.1, 0.15) is 5.75 Å². The normalized spacial score (nSPS) is 11.2. The van der Waals surface area contributed by atoms with Crippen molar-refractivity contribution in [3.05, 3.63) is 60.2 Å². The van der Waals surface area contributed by atoms with Gasteiger partial charge in [0.2, 0.25) is 15.9 Å². The van der Waals surface area contributed by atoms with Gasteiger partial charge in [0.15, 0.2) is 0 Å². The Kier molecular flexibility index (Phi) is 5.59. The van der Waals surface area contributed by atoms with E-state index in [0.717, 1.165) is 11.8 Å². The summed E-state index contributed by atoms with van der Waals surface area (Å²) in [5.41, 5.74) is 1.88. The first-order valence-corrected chi connectivity index (χ1v) is 8.96. The fraction of sp³-hybridized carbons (Fsp3) is 0.118. The summed E-state index contributed by atoms with van der Waals surface area (Å²) < 4.78 is 29.7. The number of carbonyl (C=O) groups excluding carboxylic acids is 1. The van der Waals surface area contributed by atoms with Crippen molar-refractivity contribution in [1.29, 1.82) is 0 Å². The zero-order valence-electron chi connectivity index (χ0n) is 13.3. The van der Waals surface area contributed by atoms with Crippen molar-refractivity contribution >= 4 is 33.4 Å². The molecule has 2 aromatic rings. The molecule has 6 nitrogen and oxygen atoms in total. The summed E-state index contributed by atoms with van der Waals surface area (Å²) in [6.45, 7) is 0. The number of anilines is 2. The van der Waals surface area contributed by atoms with Crippen molar-refractivity contribution in [1.82, 2.24) is 0 Å². The van der Waals surface area contributed by atoms with E-state index in [0.29, 0.717) is 17.1 Å². The van der Waals surface area contributed by atoms with Crippen LogP contribution in [0.2, 0.25) is 0 Å². The van der Waals surface area contributed by atoms with Crippen LogP contribution < -0.4 is 14.8 Å². The van der Waals surface area contributed by atoms with E-state index in [9.17, 15) is 13.2 Å². The number of benzene rings is 2. The van der Waals surface area contributed by atoms with Crippen LogP contribution in [0.25, 0.3) is 6.08 Å². The summed E-state index contributed by atoms with van der Waals surface area (Å²) in [4.78, 5) is 11.9. The maximum Gasteiger partial charge on any atom is 0.248 e. The van der Waals surface area contributed by atoms with E-state index in [2.05, 4.69) is 10.0 Å². The molecule has 0 aliphatic heterocycles. The zero-order chi connectivity index (χ0) is 17.6. The van der Waals surface area contributed by atoms with Gasteiger partial charge in [-0.25, -0.2) is 8.42 Å². The van der Waals surface area contributed by atoms with Crippen molar-refractivity contribution in [3.8, 4) is 5.75 Å². The number of rotatable bonds is 6. The van der Waals surface area contributed by atoms with Gasteiger partial charge in [0.05, 0.1) is 13.4 Å². The summed E-state index contributed by atoms with van der Waals surface area (Å²) in [5.74, 6) is 0.382. The van der Waals surface area contributed by atoms with Crippen LogP contribution in [0.1, 0.15) is 5.56 Å². The molecule has 24 heavy (non-hydrogen) atoms. The predicted octanol–water partition coefficient (Wildman–Crippen LogP) is 2.72. The predicted molar refractivity (Wildman–Crippen MR) is 95.6 cm³/mol. The largest absolute Gasteiger partial charge is 0.497 e. The van der Waals surface area contributed by atoms with E-state index in [-0.39, 0.29) is 5.91 Å². The molecule has 1 amide bonds. The molecule has 0 saturated heterocycles. The molecule has 0 atom stereocenters. The molecule has 0 heterocycles. The van der Waals surface area contributed by atoms with Crippen LogP contribution in [0.5, 0.6) is 5.75 Å². The van der Waals surface area contributed by atoms with Gasteiger partial charge in [-0.2, -0.15) is 0 Å². The third-order valence-corrected chi connectivity index (χ3v) is 3.58. The number of hydrogen-bond acceptors (Lipinski definition) is 4. The van der Waals surface area contributed by atoms with Gasteiger partial charge in [-0.1, -0.05) is 18.2 Å². The quantitative estimate of drug-likeness (QED) is 0.788. The number of hydrogen-bond donors (Lipinski definition) is 2. The summed E-state index contributed by atoms with van der Waals surface area (Å²) in [7, 11) is -1.74. The summed E-state index contributed by atoms with van der Waals surface area (Å²) in [6, 6.07) is 13.7. The minimum atomic E-state index is -3.30. The monoisotopic (exact) mass is 346 g/mol. The standard InChI is InChI=1S/C17H18N2O4S/c1-23-16-5-3-4-15(12-16)18-17(20)11-8-13-6-9-14(10-7-13)19-24(2,21)22/h3-12,19H,1-2H3,(H,18,20)/b11-8+. The van der Waals surface area contributed by atoms with Gasteiger partial charge < -0.3 is 10.1 Å². The van der Waals surface area contributed by atoms with E-state index in [1.165, 1.54) is 6.08 Å². The van der Waals surface area contributed by atoms with Crippen LogP contribution in [0.4, 0.5) is 11.4 Å². The Morgan fingerprint density at radius 1 is 1.08 bits per heavy atom. The Morgan fingerprint density at radius 3 is 2.42 bits per heavy atom. The molecule has 0 saturated carbocycles. The Balaban J connectivity index is 1.98. The minimum Gasteiger partial charge on any atom is -0.497 e. The fourth-order valence-corrected chi connectivity index (χ4v) is 2.50. The highest BCUT2D eigenvalue weighted by Crippen LogP contribution is 2.17. The second-order valence-corrected chi connectivity index (χ2v) is 6.80. The lowest BCUT2D eigenvalue weighted by Gasteiger charge is -2.05. The average Bonchev–Trinajstić information content (AvgIpc) is 2.53. The Morgan fingerprint density at radius 2 is 1.79 bits per heavy atom. The average molecular weight is 346 g/mol. The van der Waals surface area contributed by atoms with Crippen molar-refractivity contribution in [2.24, 2.45) is 0 Å². The molecule has 0 bridgehead atoms. The molecule has 126 valence electrons. The van der Waals surface area contributed by atoms with Crippen LogP contribution >= 0.6 is 0 Å². The topological polar surface area (TPSA) is 84.5 Å². The van der Waals surface area contributed by atoms with Gasteiger partial charge in [0, 0.05) is 23.5 Å². The molecule has 0 unspecified atom stereocenters. The maximum atomic E-state index is 11.9. The van der Waals surface area contributed by atoms with E-state index in [1.54, 1.807) is 61.7 Å². The number of carbonyl (C=O) groups is 1. The number of nitrogens with one attached hydrogen (secondary N) is 2. The first kappa shape index (κ1) is 17.6. The molecule has 0 aliphatic rings. The summed E-state index contributed by atoms with van der Waals surface area (Å²) >= 11 is 0. The van der Waals surface area contributed by atoms with Gasteiger partial charge in [-0.15, -0.1) is 0 Å². The molecule has 2 N–H and O–H groups in total. The molecule has 0 aromatic heterocycles. The van der Waals surface area contributed by atoms with Crippen molar-refractivity contribution in [2.45, 2.75) is 0 Å². The Hall–Kier alpha value is -2.80. The second kappa shape index (κ2) is 7.65. The minimum absolute atomic E-state index is 0.276. The lowest BCUT2D eigenvalue weighted by atomic mass is 10.2. The molecule has 0 radical (unpaired) electrons. The lowest BCUT2D eigenvalue weighted by molar-refractivity contribution is -0.111. The Labute approximate surface area is 141 Å². The molecule has 0 spiro atoms. The Bertz CT molecular complexity index is 843. The zero-order valence-corrected chi connectivity index (χ0v) is 14.1. The first-order chi connectivity index (χ1) is 11.4. The number of ether oxygens (including phenoxy) is 1. The lowest BCUT2D eigenvalue weighted by Crippen LogP contribution is -2.09. The fourth-order valence-electron chi connectivity index (χ4n) is 1.93. The number of methoxy groups -OCH3 is 1. The van der Waals surface area contributed by atoms with Gasteiger partial charge in [-0.05, 0) is 35.9 Å². The van der Waals surface area contributed by atoms with Crippen molar-refractivity contribution in [2.75, 3.05) is 23.4 Å². The summed E-state index contributed by atoms with van der Waals surface area (Å²) in [6.07, 6.45) is 4.13. The molecular weight excluding hydrogens is 328 g/mol. The maximum absolute atomic E-state index is 11.9. The molecule has 0 fully saturated rings.